The van der Waals surface area contributed by atoms with Gasteiger partial charge >= 0.3 is 0 Å². The molecule has 92 valence electrons. The van der Waals surface area contributed by atoms with Crippen LogP contribution in [0.2, 0.25) is 0 Å². The summed E-state index contributed by atoms with van der Waals surface area (Å²) in [5.41, 5.74) is 2.87. The Bertz CT molecular complexity index is 436. The molecule has 1 aliphatic rings. The number of carbonyl (C=O) groups is 1. The number of hydrogen-bond donors (Lipinski definition) is 1. The lowest BCUT2D eigenvalue weighted by molar-refractivity contribution is 0.0945. The molecule has 0 atom stereocenters. The molecule has 1 fully saturated rings. The van der Waals surface area contributed by atoms with Gasteiger partial charge in [-0.15, -0.1) is 0 Å². The summed E-state index contributed by atoms with van der Waals surface area (Å²) >= 11 is 0. The molecule has 1 N–H and O–H groups in total. The molecule has 1 heterocycles. The summed E-state index contributed by atoms with van der Waals surface area (Å²) in [5.74, 6) is 1.62. The molecule has 1 aromatic rings. The van der Waals surface area contributed by atoms with Gasteiger partial charge in [0.15, 0.2) is 5.78 Å². The van der Waals surface area contributed by atoms with E-state index in [0.29, 0.717) is 12.3 Å². The van der Waals surface area contributed by atoms with Crippen LogP contribution in [0.25, 0.3) is 0 Å². The summed E-state index contributed by atoms with van der Waals surface area (Å²) in [6, 6.07) is 3.89. The number of nitrogens with one attached hydrogen (secondary N) is 1. The minimum atomic E-state index is 0.250. The molecule has 0 unspecified atom stereocenters. The molecule has 3 heteroatoms. The Balaban J connectivity index is 2.19. The van der Waals surface area contributed by atoms with Gasteiger partial charge in [0.05, 0.1) is 7.11 Å². The number of carbonyl (C=O) groups excluding carboxylic acids is 1. The first kappa shape index (κ1) is 12.1. The molecule has 1 aromatic carbocycles. The van der Waals surface area contributed by atoms with Crippen LogP contribution in [0, 0.1) is 19.8 Å². The van der Waals surface area contributed by atoms with E-state index < -0.39 is 0 Å². The Hall–Kier alpha value is -1.35. The average molecular weight is 233 g/mol. The predicted octanol–water partition coefficient (Wildman–Crippen LogP) is 2.10. The van der Waals surface area contributed by atoms with Gasteiger partial charge in [0.2, 0.25) is 0 Å². The van der Waals surface area contributed by atoms with Crippen LogP contribution in [0.5, 0.6) is 5.75 Å². The van der Waals surface area contributed by atoms with Crippen molar-refractivity contribution in [2.45, 2.75) is 20.3 Å². The average Bonchev–Trinajstić information content (AvgIpc) is 2.25. The smallest absolute Gasteiger partial charge is 0.163 e. The van der Waals surface area contributed by atoms with E-state index in [2.05, 4.69) is 5.32 Å². The molecule has 3 nitrogen and oxygen atoms in total. The third-order valence-corrected chi connectivity index (χ3v) is 3.38. The Morgan fingerprint density at radius 3 is 2.59 bits per heavy atom. The van der Waals surface area contributed by atoms with Crippen LogP contribution in [0.4, 0.5) is 0 Å². The highest BCUT2D eigenvalue weighted by atomic mass is 16.5. The first-order valence-corrected chi connectivity index (χ1v) is 6.01. The molecule has 1 saturated heterocycles. The van der Waals surface area contributed by atoms with Crippen molar-refractivity contribution >= 4 is 5.78 Å². The minimum absolute atomic E-state index is 0.250. The van der Waals surface area contributed by atoms with Crippen molar-refractivity contribution in [2.75, 3.05) is 20.2 Å². The Morgan fingerprint density at radius 1 is 1.35 bits per heavy atom. The molecule has 0 spiro atoms. The van der Waals surface area contributed by atoms with Gasteiger partial charge in [-0.2, -0.15) is 0 Å². The number of hydrogen-bond acceptors (Lipinski definition) is 3. The first-order valence-electron chi connectivity index (χ1n) is 6.01. The summed E-state index contributed by atoms with van der Waals surface area (Å²) < 4.78 is 5.25. The highest BCUT2D eigenvalue weighted by molar-refractivity contribution is 5.98. The summed E-state index contributed by atoms with van der Waals surface area (Å²) in [6.07, 6.45) is 0.652. The zero-order valence-electron chi connectivity index (χ0n) is 10.7. The second-order valence-corrected chi connectivity index (χ2v) is 4.79. The highest BCUT2D eigenvalue weighted by Crippen LogP contribution is 2.24. The predicted molar refractivity (Wildman–Crippen MR) is 67.8 cm³/mol. The summed E-state index contributed by atoms with van der Waals surface area (Å²) in [4.78, 5) is 12.2. The van der Waals surface area contributed by atoms with Crippen molar-refractivity contribution in [3.8, 4) is 5.75 Å². The van der Waals surface area contributed by atoms with E-state index in [-0.39, 0.29) is 5.78 Å². The van der Waals surface area contributed by atoms with E-state index in [0.717, 1.165) is 35.5 Å². The van der Waals surface area contributed by atoms with Crippen molar-refractivity contribution in [3.63, 3.8) is 0 Å². The molecule has 0 bridgehead atoms. The third kappa shape index (κ3) is 2.50. The normalized spacial score (nSPS) is 15.5. The molecule has 1 aliphatic heterocycles. The Labute approximate surface area is 102 Å². The van der Waals surface area contributed by atoms with Crippen molar-refractivity contribution < 1.29 is 9.53 Å². The molecule has 0 aromatic heterocycles. The van der Waals surface area contributed by atoms with Gasteiger partial charge in [-0.05, 0) is 56.1 Å². The topological polar surface area (TPSA) is 38.3 Å². The summed E-state index contributed by atoms with van der Waals surface area (Å²) in [5, 5.41) is 3.19. The fraction of sp³-hybridized carbons (Fsp3) is 0.500. The van der Waals surface area contributed by atoms with E-state index in [1.165, 1.54) is 0 Å². The van der Waals surface area contributed by atoms with Crippen LogP contribution in [0.1, 0.15) is 27.9 Å². The number of methoxy groups -OCH3 is 1. The minimum Gasteiger partial charge on any atom is -0.496 e. The number of benzene rings is 1. The van der Waals surface area contributed by atoms with E-state index in [1.54, 1.807) is 7.11 Å². The second-order valence-electron chi connectivity index (χ2n) is 4.79. The van der Waals surface area contributed by atoms with Gasteiger partial charge in [-0.1, -0.05) is 0 Å². The van der Waals surface area contributed by atoms with Gasteiger partial charge in [-0.3, -0.25) is 4.79 Å². The van der Waals surface area contributed by atoms with Crippen LogP contribution < -0.4 is 10.1 Å². The standard InChI is InChI=1S/C14H19NO2/c1-9-5-14(17-3)10(2)4-12(9)13(16)6-11-7-15-8-11/h4-5,11,15H,6-8H2,1-3H3. The van der Waals surface area contributed by atoms with Crippen LogP contribution in [0.3, 0.4) is 0 Å². The van der Waals surface area contributed by atoms with Crippen LogP contribution in [-0.2, 0) is 0 Å². The SMILES string of the molecule is COc1cc(C)c(C(=O)CC2CNC2)cc1C. The molecular formula is C14H19NO2. The van der Waals surface area contributed by atoms with E-state index in [4.69, 9.17) is 4.74 Å². The molecule has 0 radical (unpaired) electrons. The summed E-state index contributed by atoms with van der Waals surface area (Å²) in [6.45, 7) is 5.88. The molecular weight excluding hydrogens is 214 g/mol. The molecule has 0 saturated carbocycles. The number of aryl methyl sites for hydroxylation is 2. The number of rotatable bonds is 4. The lowest BCUT2D eigenvalue weighted by Crippen LogP contribution is -2.43. The van der Waals surface area contributed by atoms with Gasteiger partial charge < -0.3 is 10.1 Å². The maximum absolute atomic E-state index is 12.2. The maximum Gasteiger partial charge on any atom is 0.163 e. The number of Topliss-reactive ketones (excluding diaryl/α,β-unsaturated/α-hetero) is 1. The maximum atomic E-state index is 12.2. The molecule has 2 rings (SSSR count). The van der Waals surface area contributed by atoms with Crippen LogP contribution in [-0.4, -0.2) is 26.0 Å². The fourth-order valence-corrected chi connectivity index (χ4v) is 2.17. The van der Waals surface area contributed by atoms with Gasteiger partial charge in [0.25, 0.3) is 0 Å². The third-order valence-electron chi connectivity index (χ3n) is 3.38. The Kier molecular flexibility index (Phi) is 3.48. The van der Waals surface area contributed by atoms with Crippen molar-refractivity contribution in [1.29, 1.82) is 0 Å². The Morgan fingerprint density at radius 2 is 2.06 bits per heavy atom. The van der Waals surface area contributed by atoms with E-state index >= 15 is 0 Å². The van der Waals surface area contributed by atoms with Gasteiger partial charge in [-0.25, -0.2) is 0 Å². The van der Waals surface area contributed by atoms with Crippen molar-refractivity contribution in [3.05, 3.63) is 28.8 Å². The van der Waals surface area contributed by atoms with Gasteiger partial charge in [0, 0.05) is 12.0 Å². The van der Waals surface area contributed by atoms with Crippen LogP contribution >= 0.6 is 0 Å². The quantitative estimate of drug-likeness (QED) is 0.809. The van der Waals surface area contributed by atoms with Crippen molar-refractivity contribution in [2.24, 2.45) is 5.92 Å². The largest absolute Gasteiger partial charge is 0.496 e. The monoisotopic (exact) mass is 233 g/mol. The zero-order chi connectivity index (χ0) is 12.4. The second kappa shape index (κ2) is 4.88. The molecule has 0 amide bonds. The molecule has 0 aliphatic carbocycles. The van der Waals surface area contributed by atoms with Crippen LogP contribution in [0.15, 0.2) is 12.1 Å². The highest BCUT2D eigenvalue weighted by Gasteiger charge is 2.22. The number of ketones is 1. The fourth-order valence-electron chi connectivity index (χ4n) is 2.17. The lowest BCUT2D eigenvalue weighted by Gasteiger charge is -2.26. The lowest BCUT2D eigenvalue weighted by atomic mass is 9.91. The van der Waals surface area contributed by atoms with Gasteiger partial charge in [0.1, 0.15) is 5.75 Å². The van der Waals surface area contributed by atoms with E-state index in [1.807, 2.05) is 26.0 Å². The summed E-state index contributed by atoms with van der Waals surface area (Å²) in [7, 11) is 1.66. The van der Waals surface area contributed by atoms with Crippen molar-refractivity contribution in [1.82, 2.24) is 5.32 Å². The first-order chi connectivity index (χ1) is 8.11. The number of ether oxygens (including phenoxy) is 1. The molecule has 17 heavy (non-hydrogen) atoms. The van der Waals surface area contributed by atoms with E-state index in [9.17, 15) is 4.79 Å². The zero-order valence-corrected chi connectivity index (χ0v) is 10.7.